The molecule has 126 valence electrons. The lowest BCUT2D eigenvalue weighted by Crippen LogP contribution is -2.30. The van der Waals surface area contributed by atoms with Crippen LogP contribution in [0.15, 0.2) is 54.6 Å². The third-order valence-corrected chi connectivity index (χ3v) is 3.37. The van der Waals surface area contributed by atoms with Crippen molar-refractivity contribution in [2.24, 2.45) is 5.92 Å². The van der Waals surface area contributed by atoms with Gasteiger partial charge in [0.25, 0.3) is 5.91 Å². The molecule has 2 N–H and O–H groups in total. The first-order valence-corrected chi connectivity index (χ1v) is 7.89. The molecule has 0 aliphatic heterocycles. The van der Waals surface area contributed by atoms with Crippen LogP contribution < -0.4 is 15.4 Å². The van der Waals surface area contributed by atoms with Gasteiger partial charge in [0.15, 0.2) is 6.10 Å². The predicted octanol–water partition coefficient (Wildman–Crippen LogP) is 3.69. The van der Waals surface area contributed by atoms with Gasteiger partial charge >= 0.3 is 0 Å². The molecule has 0 spiro atoms. The molecule has 0 aromatic heterocycles. The Morgan fingerprint density at radius 2 is 1.29 bits per heavy atom. The van der Waals surface area contributed by atoms with E-state index in [1.165, 1.54) is 0 Å². The summed E-state index contributed by atoms with van der Waals surface area (Å²) < 4.78 is 5.58. The number of amides is 2. The maximum absolute atomic E-state index is 12.2. The Labute approximate surface area is 142 Å². The molecule has 0 bridgehead atoms. The Morgan fingerprint density at radius 1 is 0.792 bits per heavy atom. The second kappa shape index (κ2) is 8.15. The number of ether oxygens (including phenoxy) is 1. The molecule has 1 atom stereocenters. The molecular formula is C19H22N2O3. The Kier molecular flexibility index (Phi) is 5.95. The van der Waals surface area contributed by atoms with Gasteiger partial charge < -0.3 is 15.4 Å². The minimum Gasteiger partial charge on any atom is -0.481 e. The summed E-state index contributed by atoms with van der Waals surface area (Å²) in [6.07, 6.45) is -0.618. The molecule has 0 saturated carbocycles. The van der Waals surface area contributed by atoms with Crippen molar-refractivity contribution in [3.63, 3.8) is 0 Å². The molecule has 0 aliphatic rings. The fourth-order valence-corrected chi connectivity index (χ4v) is 1.92. The first kappa shape index (κ1) is 17.5. The quantitative estimate of drug-likeness (QED) is 0.851. The van der Waals surface area contributed by atoms with Crippen LogP contribution in [0.3, 0.4) is 0 Å². The molecule has 0 radical (unpaired) electrons. The van der Waals surface area contributed by atoms with E-state index in [2.05, 4.69) is 10.6 Å². The predicted molar refractivity (Wildman–Crippen MR) is 95.1 cm³/mol. The van der Waals surface area contributed by atoms with Crippen LogP contribution in [0.2, 0.25) is 0 Å². The third kappa shape index (κ3) is 5.12. The van der Waals surface area contributed by atoms with Gasteiger partial charge in [-0.3, -0.25) is 9.59 Å². The molecule has 0 saturated heterocycles. The van der Waals surface area contributed by atoms with Gasteiger partial charge in [-0.2, -0.15) is 0 Å². The van der Waals surface area contributed by atoms with Crippen molar-refractivity contribution in [1.29, 1.82) is 0 Å². The molecule has 2 aromatic carbocycles. The molecule has 0 aliphatic carbocycles. The number of hydrogen-bond acceptors (Lipinski definition) is 3. The van der Waals surface area contributed by atoms with E-state index in [1.54, 1.807) is 43.3 Å². The minimum atomic E-state index is -0.618. The van der Waals surface area contributed by atoms with Crippen molar-refractivity contribution in [2.75, 3.05) is 10.6 Å². The first-order chi connectivity index (χ1) is 11.5. The van der Waals surface area contributed by atoms with Crippen LogP contribution in [0, 0.1) is 5.92 Å². The number of carbonyl (C=O) groups is 2. The van der Waals surface area contributed by atoms with Crippen LogP contribution in [0.4, 0.5) is 11.4 Å². The molecule has 0 unspecified atom stereocenters. The molecule has 0 fully saturated rings. The van der Waals surface area contributed by atoms with E-state index in [4.69, 9.17) is 4.74 Å². The Balaban J connectivity index is 1.90. The van der Waals surface area contributed by atoms with E-state index in [-0.39, 0.29) is 17.7 Å². The first-order valence-electron chi connectivity index (χ1n) is 7.89. The minimum absolute atomic E-state index is 0.0448. The number of para-hydroxylation sites is 1. The standard InChI is InChI=1S/C19H22N2O3/c1-13(2)18(22)20-15-9-11-16(12-10-15)21-19(23)14(3)24-17-7-5-4-6-8-17/h4-14H,1-3H3,(H,20,22)(H,21,23)/t14-/m1/s1. The van der Waals surface area contributed by atoms with Gasteiger partial charge in [0.2, 0.25) is 5.91 Å². The fourth-order valence-electron chi connectivity index (χ4n) is 1.92. The summed E-state index contributed by atoms with van der Waals surface area (Å²) in [7, 11) is 0. The van der Waals surface area contributed by atoms with Crippen LogP contribution in [-0.4, -0.2) is 17.9 Å². The zero-order valence-corrected chi connectivity index (χ0v) is 14.1. The van der Waals surface area contributed by atoms with Crippen molar-refractivity contribution in [1.82, 2.24) is 0 Å². The largest absolute Gasteiger partial charge is 0.481 e. The van der Waals surface area contributed by atoms with E-state index in [0.29, 0.717) is 17.1 Å². The van der Waals surface area contributed by atoms with Gasteiger partial charge in [0, 0.05) is 17.3 Å². The van der Waals surface area contributed by atoms with Gasteiger partial charge in [-0.1, -0.05) is 32.0 Å². The van der Waals surface area contributed by atoms with Gasteiger partial charge in [0.05, 0.1) is 0 Å². The zero-order chi connectivity index (χ0) is 17.5. The SMILES string of the molecule is CC(C)C(=O)Nc1ccc(NC(=O)[C@@H](C)Oc2ccccc2)cc1. The van der Waals surface area contributed by atoms with E-state index < -0.39 is 6.10 Å². The van der Waals surface area contributed by atoms with Crippen molar-refractivity contribution in [3.8, 4) is 5.75 Å². The summed E-state index contributed by atoms with van der Waals surface area (Å²) in [6.45, 7) is 5.36. The highest BCUT2D eigenvalue weighted by Gasteiger charge is 2.15. The highest BCUT2D eigenvalue weighted by molar-refractivity contribution is 5.95. The third-order valence-electron chi connectivity index (χ3n) is 3.37. The maximum Gasteiger partial charge on any atom is 0.265 e. The number of rotatable bonds is 6. The lowest BCUT2D eigenvalue weighted by atomic mass is 10.2. The maximum atomic E-state index is 12.2. The van der Waals surface area contributed by atoms with Gasteiger partial charge in [-0.15, -0.1) is 0 Å². The number of nitrogens with one attached hydrogen (secondary N) is 2. The number of hydrogen-bond donors (Lipinski definition) is 2. The molecular weight excluding hydrogens is 304 g/mol. The van der Waals surface area contributed by atoms with Crippen molar-refractivity contribution >= 4 is 23.2 Å². The monoisotopic (exact) mass is 326 g/mol. The van der Waals surface area contributed by atoms with E-state index in [9.17, 15) is 9.59 Å². The van der Waals surface area contributed by atoms with E-state index in [1.807, 2.05) is 32.0 Å². The van der Waals surface area contributed by atoms with E-state index >= 15 is 0 Å². The Hall–Kier alpha value is -2.82. The summed E-state index contributed by atoms with van der Waals surface area (Å²) in [5, 5.41) is 5.59. The van der Waals surface area contributed by atoms with Crippen LogP contribution in [0.1, 0.15) is 20.8 Å². The smallest absolute Gasteiger partial charge is 0.265 e. The summed E-state index contributed by atoms with van der Waals surface area (Å²) >= 11 is 0. The topological polar surface area (TPSA) is 67.4 Å². The van der Waals surface area contributed by atoms with Crippen molar-refractivity contribution in [2.45, 2.75) is 26.9 Å². The zero-order valence-electron chi connectivity index (χ0n) is 14.1. The summed E-state index contributed by atoms with van der Waals surface area (Å²) in [5.41, 5.74) is 1.34. The highest BCUT2D eigenvalue weighted by atomic mass is 16.5. The molecule has 5 nitrogen and oxygen atoms in total. The van der Waals surface area contributed by atoms with Crippen LogP contribution >= 0.6 is 0 Å². The van der Waals surface area contributed by atoms with Gasteiger partial charge in [-0.25, -0.2) is 0 Å². The Morgan fingerprint density at radius 3 is 1.79 bits per heavy atom. The normalized spacial score (nSPS) is 11.7. The van der Waals surface area contributed by atoms with E-state index in [0.717, 1.165) is 0 Å². The van der Waals surface area contributed by atoms with Crippen molar-refractivity contribution in [3.05, 3.63) is 54.6 Å². The summed E-state index contributed by atoms with van der Waals surface area (Å²) in [6, 6.07) is 16.2. The van der Waals surface area contributed by atoms with Crippen LogP contribution in [0.25, 0.3) is 0 Å². The lowest BCUT2D eigenvalue weighted by Gasteiger charge is -2.15. The molecule has 0 heterocycles. The molecule has 2 amide bonds. The molecule has 24 heavy (non-hydrogen) atoms. The lowest BCUT2D eigenvalue weighted by molar-refractivity contribution is -0.122. The second-order valence-electron chi connectivity index (χ2n) is 5.78. The van der Waals surface area contributed by atoms with Crippen LogP contribution in [0.5, 0.6) is 5.75 Å². The average Bonchev–Trinajstić information content (AvgIpc) is 2.57. The summed E-state index contributed by atoms with van der Waals surface area (Å²) in [4.78, 5) is 23.8. The number of carbonyl (C=O) groups excluding carboxylic acids is 2. The molecule has 5 heteroatoms. The number of benzene rings is 2. The van der Waals surface area contributed by atoms with Crippen molar-refractivity contribution < 1.29 is 14.3 Å². The van der Waals surface area contributed by atoms with Gasteiger partial charge in [0.1, 0.15) is 5.75 Å². The summed E-state index contributed by atoms with van der Waals surface area (Å²) in [5.74, 6) is 0.279. The average molecular weight is 326 g/mol. The second-order valence-corrected chi connectivity index (χ2v) is 5.78. The highest BCUT2D eigenvalue weighted by Crippen LogP contribution is 2.16. The van der Waals surface area contributed by atoms with Gasteiger partial charge in [-0.05, 0) is 43.3 Å². The molecule has 2 rings (SSSR count). The fraction of sp³-hybridized carbons (Fsp3) is 0.263. The Bertz CT molecular complexity index is 682. The van der Waals surface area contributed by atoms with Crippen LogP contribution in [-0.2, 0) is 9.59 Å². The number of anilines is 2. The molecule has 2 aromatic rings.